The summed E-state index contributed by atoms with van der Waals surface area (Å²) in [5.41, 5.74) is 4.02. The number of rotatable bonds is 4. The third-order valence-corrected chi connectivity index (χ3v) is 3.23. The molecule has 0 N–H and O–H groups in total. The molecule has 0 fully saturated rings. The topological polar surface area (TPSA) is 43.9 Å². The van der Waals surface area contributed by atoms with Gasteiger partial charge in [-0.2, -0.15) is 0 Å². The molecule has 0 radical (unpaired) electrons. The number of nitrogens with zero attached hydrogens (tertiary/aromatic N) is 3. The predicted octanol–water partition coefficient (Wildman–Crippen LogP) is 3.16. The van der Waals surface area contributed by atoms with Crippen molar-refractivity contribution >= 4 is 22.8 Å². The molecule has 4 nitrogen and oxygen atoms in total. The Kier molecular flexibility index (Phi) is 3.25. The van der Waals surface area contributed by atoms with Gasteiger partial charge in [0.25, 0.3) is 0 Å². The maximum Gasteiger partial charge on any atom is 0.160 e. The molecule has 0 aliphatic rings. The van der Waals surface area contributed by atoms with Gasteiger partial charge in [-0.25, -0.2) is 9.97 Å². The fraction of sp³-hybridized carbons (Fsp3) is 0.286. The SMILES string of the molecule is Cc1cnc2c(c1)nc(CCCl)n2Cc1ccoc1. The Morgan fingerprint density at radius 2 is 2.32 bits per heavy atom. The number of aryl methyl sites for hydroxylation is 2. The standard InChI is InChI=1S/C14H14ClN3O/c1-10-6-12-14(16-7-10)18(13(17-12)2-4-15)8-11-3-5-19-9-11/h3,5-7,9H,2,4,8H2,1H3. The molecule has 0 saturated heterocycles. The molecule has 0 spiro atoms. The van der Waals surface area contributed by atoms with E-state index in [0.29, 0.717) is 12.4 Å². The zero-order chi connectivity index (χ0) is 13.2. The summed E-state index contributed by atoms with van der Waals surface area (Å²) in [6.07, 6.45) is 6.01. The van der Waals surface area contributed by atoms with Crippen molar-refractivity contribution in [2.24, 2.45) is 0 Å². The van der Waals surface area contributed by atoms with Gasteiger partial charge in [0.15, 0.2) is 5.65 Å². The summed E-state index contributed by atoms with van der Waals surface area (Å²) >= 11 is 5.86. The smallest absolute Gasteiger partial charge is 0.160 e. The van der Waals surface area contributed by atoms with Crippen LogP contribution in [0.25, 0.3) is 11.2 Å². The Bertz CT molecular complexity index is 688. The van der Waals surface area contributed by atoms with Gasteiger partial charge in [-0.15, -0.1) is 11.6 Å². The monoisotopic (exact) mass is 275 g/mol. The van der Waals surface area contributed by atoms with Gasteiger partial charge in [-0.1, -0.05) is 0 Å². The minimum absolute atomic E-state index is 0.549. The van der Waals surface area contributed by atoms with Gasteiger partial charge >= 0.3 is 0 Å². The van der Waals surface area contributed by atoms with Crippen LogP contribution < -0.4 is 0 Å². The molecule has 19 heavy (non-hydrogen) atoms. The number of imidazole rings is 1. The lowest BCUT2D eigenvalue weighted by Crippen LogP contribution is -2.06. The van der Waals surface area contributed by atoms with Crippen molar-refractivity contribution < 1.29 is 4.42 Å². The number of fused-ring (bicyclic) bond motifs is 1. The number of halogens is 1. The zero-order valence-electron chi connectivity index (χ0n) is 10.6. The highest BCUT2D eigenvalue weighted by molar-refractivity contribution is 6.17. The van der Waals surface area contributed by atoms with Crippen molar-refractivity contribution in [1.82, 2.24) is 14.5 Å². The quantitative estimate of drug-likeness (QED) is 0.687. The summed E-state index contributed by atoms with van der Waals surface area (Å²) in [6.45, 7) is 2.72. The molecule has 0 unspecified atom stereocenters. The van der Waals surface area contributed by atoms with Crippen LogP contribution in [0.5, 0.6) is 0 Å². The van der Waals surface area contributed by atoms with Crippen molar-refractivity contribution in [3.63, 3.8) is 0 Å². The van der Waals surface area contributed by atoms with Crippen LogP contribution in [0.15, 0.2) is 35.3 Å². The van der Waals surface area contributed by atoms with Crippen LogP contribution in [0.2, 0.25) is 0 Å². The lowest BCUT2D eigenvalue weighted by molar-refractivity contribution is 0.562. The molecule has 3 aromatic rings. The van der Waals surface area contributed by atoms with Gasteiger partial charge in [-0.05, 0) is 24.6 Å². The Labute approximate surface area is 116 Å². The summed E-state index contributed by atoms with van der Waals surface area (Å²) in [5.74, 6) is 1.51. The van der Waals surface area contributed by atoms with Crippen LogP contribution in [-0.4, -0.2) is 20.4 Å². The number of aromatic nitrogens is 3. The Balaban J connectivity index is 2.10. The largest absolute Gasteiger partial charge is 0.472 e. The molecule has 0 saturated carbocycles. The molecule has 3 heterocycles. The number of hydrogen-bond donors (Lipinski definition) is 0. The van der Waals surface area contributed by atoms with Crippen molar-refractivity contribution in [3.8, 4) is 0 Å². The highest BCUT2D eigenvalue weighted by Gasteiger charge is 2.12. The van der Waals surface area contributed by atoms with Gasteiger partial charge in [-0.3, -0.25) is 0 Å². The third-order valence-electron chi connectivity index (χ3n) is 3.04. The van der Waals surface area contributed by atoms with Gasteiger partial charge < -0.3 is 8.98 Å². The lowest BCUT2D eigenvalue weighted by atomic mass is 10.3. The molecule has 0 bridgehead atoms. The summed E-state index contributed by atoms with van der Waals surface area (Å²) in [7, 11) is 0. The minimum atomic E-state index is 0.549. The fourth-order valence-electron chi connectivity index (χ4n) is 2.17. The minimum Gasteiger partial charge on any atom is -0.472 e. The fourth-order valence-corrected chi connectivity index (χ4v) is 2.33. The van der Waals surface area contributed by atoms with Crippen LogP contribution in [0, 0.1) is 6.92 Å². The van der Waals surface area contributed by atoms with Gasteiger partial charge in [0, 0.05) is 24.1 Å². The van der Waals surface area contributed by atoms with E-state index in [1.54, 1.807) is 12.5 Å². The Morgan fingerprint density at radius 1 is 1.42 bits per heavy atom. The first-order chi connectivity index (χ1) is 9.28. The molecule has 98 valence electrons. The second kappa shape index (κ2) is 5.05. The number of alkyl halides is 1. The number of hydrogen-bond acceptors (Lipinski definition) is 3. The average Bonchev–Trinajstić information content (AvgIpc) is 2.99. The van der Waals surface area contributed by atoms with Crippen LogP contribution in [0.4, 0.5) is 0 Å². The highest BCUT2D eigenvalue weighted by atomic mass is 35.5. The maximum atomic E-state index is 5.86. The van der Waals surface area contributed by atoms with Crippen molar-refractivity contribution in [2.75, 3.05) is 5.88 Å². The third kappa shape index (κ3) is 2.36. The van der Waals surface area contributed by atoms with Gasteiger partial charge in [0.1, 0.15) is 11.3 Å². The normalized spacial score (nSPS) is 11.3. The molecule has 0 aliphatic carbocycles. The van der Waals surface area contributed by atoms with Crippen molar-refractivity contribution in [3.05, 3.63) is 47.8 Å². The molecule has 0 atom stereocenters. The summed E-state index contributed by atoms with van der Waals surface area (Å²) in [5, 5.41) is 0. The Hall–Kier alpha value is -1.81. The van der Waals surface area contributed by atoms with E-state index < -0.39 is 0 Å². The molecule has 0 aliphatic heterocycles. The van der Waals surface area contributed by atoms with E-state index in [9.17, 15) is 0 Å². The molecule has 5 heteroatoms. The summed E-state index contributed by atoms with van der Waals surface area (Å²) in [6, 6.07) is 4.00. The van der Waals surface area contributed by atoms with E-state index >= 15 is 0 Å². The molecular weight excluding hydrogens is 262 g/mol. The summed E-state index contributed by atoms with van der Waals surface area (Å²) < 4.78 is 7.21. The predicted molar refractivity (Wildman–Crippen MR) is 74.5 cm³/mol. The van der Waals surface area contributed by atoms with Crippen LogP contribution in [-0.2, 0) is 13.0 Å². The maximum absolute atomic E-state index is 5.86. The van der Waals surface area contributed by atoms with Gasteiger partial charge in [0.05, 0.1) is 19.1 Å². The highest BCUT2D eigenvalue weighted by Crippen LogP contribution is 2.18. The first-order valence-corrected chi connectivity index (χ1v) is 6.70. The molecule has 0 aromatic carbocycles. The van der Waals surface area contributed by atoms with Gasteiger partial charge in [0.2, 0.25) is 0 Å². The first-order valence-electron chi connectivity index (χ1n) is 6.16. The zero-order valence-corrected chi connectivity index (χ0v) is 11.4. The second-order valence-electron chi connectivity index (χ2n) is 4.54. The molecule has 0 amide bonds. The average molecular weight is 276 g/mol. The van der Waals surface area contributed by atoms with E-state index in [2.05, 4.69) is 14.5 Å². The van der Waals surface area contributed by atoms with E-state index in [1.165, 1.54) is 0 Å². The number of furan rings is 1. The van der Waals surface area contributed by atoms with E-state index in [1.807, 2.05) is 25.3 Å². The molecule has 3 rings (SSSR count). The van der Waals surface area contributed by atoms with Crippen LogP contribution >= 0.6 is 11.6 Å². The molecule has 3 aromatic heterocycles. The van der Waals surface area contributed by atoms with Crippen molar-refractivity contribution in [1.29, 1.82) is 0 Å². The second-order valence-corrected chi connectivity index (χ2v) is 4.92. The van der Waals surface area contributed by atoms with E-state index in [0.717, 1.165) is 34.5 Å². The van der Waals surface area contributed by atoms with E-state index in [4.69, 9.17) is 16.0 Å². The lowest BCUT2D eigenvalue weighted by Gasteiger charge is -2.05. The van der Waals surface area contributed by atoms with Crippen LogP contribution in [0.1, 0.15) is 17.0 Å². The van der Waals surface area contributed by atoms with Crippen LogP contribution in [0.3, 0.4) is 0 Å². The van der Waals surface area contributed by atoms with E-state index in [-0.39, 0.29) is 0 Å². The molecular formula is C14H14ClN3O. The Morgan fingerprint density at radius 3 is 3.05 bits per heavy atom. The number of pyridine rings is 1. The summed E-state index contributed by atoms with van der Waals surface area (Å²) in [4.78, 5) is 9.12. The first kappa shape index (κ1) is 12.2. The van der Waals surface area contributed by atoms with Crippen molar-refractivity contribution in [2.45, 2.75) is 19.9 Å².